The molecule has 0 unspecified atom stereocenters. The van der Waals surface area contributed by atoms with Crippen LogP contribution in [0.1, 0.15) is 19.8 Å². The van der Waals surface area contributed by atoms with E-state index in [9.17, 15) is 13.2 Å². The Bertz CT molecular complexity index is 723. The van der Waals surface area contributed by atoms with E-state index in [1.165, 1.54) is 17.1 Å². The molecular weight excluding hydrogens is 354 g/mol. The normalized spacial score (nSPS) is 20.5. The number of nitrogens with zero attached hydrogens (tertiary/aromatic N) is 1. The van der Waals surface area contributed by atoms with Crippen molar-refractivity contribution in [1.82, 2.24) is 9.62 Å². The lowest BCUT2D eigenvalue weighted by molar-refractivity contribution is -0.895. The molecule has 1 saturated carbocycles. The summed E-state index contributed by atoms with van der Waals surface area (Å²) in [4.78, 5) is 13.5. The van der Waals surface area contributed by atoms with Crippen molar-refractivity contribution in [2.24, 2.45) is 5.92 Å². The number of amides is 1. The summed E-state index contributed by atoms with van der Waals surface area (Å²) in [5, 5.41) is 3.06. The molecule has 144 valence electrons. The number of methoxy groups -OCH3 is 1. The number of carbonyl (C=O) groups is 1. The van der Waals surface area contributed by atoms with Crippen molar-refractivity contribution in [3.63, 3.8) is 0 Å². The van der Waals surface area contributed by atoms with Gasteiger partial charge in [0.15, 0.2) is 6.54 Å². The average Bonchev–Trinajstić information content (AvgIpc) is 3.47. The number of hydrogen-bond acceptors (Lipinski definition) is 4. The zero-order valence-electron chi connectivity index (χ0n) is 15.4. The van der Waals surface area contributed by atoms with Crippen LogP contribution < -0.4 is 15.0 Å². The smallest absolute Gasteiger partial charge is 0.275 e. The molecule has 1 aliphatic carbocycles. The van der Waals surface area contributed by atoms with Crippen molar-refractivity contribution in [2.45, 2.75) is 30.7 Å². The largest absolute Gasteiger partial charge is 0.497 e. The zero-order valence-corrected chi connectivity index (χ0v) is 16.2. The van der Waals surface area contributed by atoms with Crippen molar-refractivity contribution in [3.8, 4) is 5.75 Å². The van der Waals surface area contributed by atoms with Gasteiger partial charge >= 0.3 is 0 Å². The average molecular weight is 383 g/mol. The van der Waals surface area contributed by atoms with E-state index in [1.807, 2.05) is 0 Å². The number of rotatable bonds is 7. The lowest BCUT2D eigenvalue weighted by Gasteiger charge is -2.31. The highest BCUT2D eigenvalue weighted by molar-refractivity contribution is 7.89. The first-order chi connectivity index (χ1) is 12.4. The summed E-state index contributed by atoms with van der Waals surface area (Å²) in [5.74, 6) is 1.33. The van der Waals surface area contributed by atoms with Crippen molar-refractivity contribution in [3.05, 3.63) is 24.3 Å². The molecule has 0 radical (unpaired) electrons. The van der Waals surface area contributed by atoms with Gasteiger partial charge in [-0.3, -0.25) is 4.79 Å². The number of hydrogen-bond donors (Lipinski definition) is 2. The van der Waals surface area contributed by atoms with E-state index in [1.54, 1.807) is 31.4 Å². The molecule has 1 saturated heterocycles. The second-order valence-electron chi connectivity index (χ2n) is 7.20. The van der Waals surface area contributed by atoms with Crippen LogP contribution in [0.5, 0.6) is 5.75 Å². The molecule has 2 aliphatic rings. The van der Waals surface area contributed by atoms with Crippen LogP contribution in [-0.4, -0.2) is 64.5 Å². The van der Waals surface area contributed by atoms with Crippen LogP contribution in [0, 0.1) is 5.92 Å². The number of ether oxygens (including phenoxy) is 1. The van der Waals surface area contributed by atoms with E-state index >= 15 is 0 Å². The molecule has 7 nitrogen and oxygen atoms in total. The Morgan fingerprint density at radius 3 is 2.42 bits per heavy atom. The summed E-state index contributed by atoms with van der Waals surface area (Å²) < 4.78 is 32.1. The topological polar surface area (TPSA) is 80.2 Å². The van der Waals surface area contributed by atoms with Crippen molar-refractivity contribution >= 4 is 15.9 Å². The van der Waals surface area contributed by atoms with Gasteiger partial charge in [-0.2, -0.15) is 4.31 Å². The summed E-state index contributed by atoms with van der Waals surface area (Å²) in [6.07, 6.45) is 2.41. The maximum atomic E-state index is 12.7. The highest BCUT2D eigenvalue weighted by Gasteiger charge is 2.32. The van der Waals surface area contributed by atoms with Crippen LogP contribution in [0.4, 0.5) is 0 Å². The molecule has 1 heterocycles. The van der Waals surface area contributed by atoms with Gasteiger partial charge in [0.05, 0.1) is 38.2 Å². The Balaban J connectivity index is 1.51. The van der Waals surface area contributed by atoms with E-state index < -0.39 is 10.0 Å². The Kier molecular flexibility index (Phi) is 5.84. The van der Waals surface area contributed by atoms with Crippen LogP contribution in [-0.2, 0) is 14.8 Å². The van der Waals surface area contributed by atoms with Gasteiger partial charge in [-0.15, -0.1) is 0 Å². The van der Waals surface area contributed by atoms with Gasteiger partial charge in [0.2, 0.25) is 10.0 Å². The van der Waals surface area contributed by atoms with Gasteiger partial charge in [-0.1, -0.05) is 0 Å². The Labute approximate surface area is 155 Å². The molecular formula is C18H28N3O4S+. The van der Waals surface area contributed by atoms with Crippen LogP contribution in [0.15, 0.2) is 29.2 Å². The standard InChI is InChI=1S/C18H27N3O4S/c1-14(15-3-4-15)19-18(22)13-20-9-11-21(12-10-20)26(23,24)17-7-5-16(25-2)6-8-17/h5-8,14-15H,3-4,9-13H2,1-2H3,(H,19,22)/p+1/t14-/m1/s1. The number of nitrogens with one attached hydrogen (secondary N) is 2. The van der Waals surface area contributed by atoms with Gasteiger partial charge in [0.1, 0.15) is 5.75 Å². The Hall–Kier alpha value is -1.64. The fraction of sp³-hybridized carbons (Fsp3) is 0.611. The summed E-state index contributed by atoms with van der Waals surface area (Å²) in [6.45, 7) is 4.60. The molecule has 1 atom stereocenters. The molecule has 1 aromatic carbocycles. The predicted octanol–water partition coefficient (Wildman–Crippen LogP) is -0.501. The lowest BCUT2D eigenvalue weighted by atomic mass is 10.2. The van der Waals surface area contributed by atoms with E-state index in [4.69, 9.17) is 4.74 Å². The molecule has 8 heteroatoms. The third kappa shape index (κ3) is 4.55. The van der Waals surface area contributed by atoms with Gasteiger partial charge in [-0.25, -0.2) is 8.42 Å². The fourth-order valence-electron chi connectivity index (χ4n) is 3.36. The van der Waals surface area contributed by atoms with Gasteiger partial charge in [0, 0.05) is 6.04 Å². The molecule has 1 amide bonds. The summed E-state index contributed by atoms with van der Waals surface area (Å²) in [5.41, 5.74) is 0. The predicted molar refractivity (Wildman–Crippen MR) is 97.6 cm³/mol. The van der Waals surface area contributed by atoms with Gasteiger partial charge < -0.3 is 15.0 Å². The molecule has 1 aromatic rings. The van der Waals surface area contributed by atoms with Crippen molar-refractivity contribution in [2.75, 3.05) is 39.8 Å². The lowest BCUT2D eigenvalue weighted by Crippen LogP contribution is -3.15. The second-order valence-corrected chi connectivity index (χ2v) is 9.14. The zero-order chi connectivity index (χ0) is 18.7. The first kappa shape index (κ1) is 19.1. The second kappa shape index (κ2) is 7.94. The van der Waals surface area contributed by atoms with E-state index in [-0.39, 0.29) is 16.8 Å². The Morgan fingerprint density at radius 1 is 1.27 bits per heavy atom. The highest BCUT2D eigenvalue weighted by atomic mass is 32.2. The SMILES string of the molecule is COc1ccc(S(=O)(=O)N2CC[NH+](CC(=O)N[C@H](C)C3CC3)CC2)cc1. The molecule has 3 rings (SSSR count). The number of piperazine rings is 1. The van der Waals surface area contributed by atoms with Gasteiger partial charge in [-0.05, 0) is 49.9 Å². The molecule has 0 spiro atoms. The third-order valence-electron chi connectivity index (χ3n) is 5.26. The maximum Gasteiger partial charge on any atom is 0.275 e. The van der Waals surface area contributed by atoms with Crippen LogP contribution in [0.2, 0.25) is 0 Å². The minimum absolute atomic E-state index is 0.0610. The number of benzene rings is 1. The quantitative estimate of drug-likeness (QED) is 0.666. The third-order valence-corrected chi connectivity index (χ3v) is 7.17. The number of quaternary nitrogens is 1. The monoisotopic (exact) mass is 382 g/mol. The van der Waals surface area contributed by atoms with E-state index in [0.29, 0.717) is 44.4 Å². The van der Waals surface area contributed by atoms with Crippen LogP contribution in [0.3, 0.4) is 0 Å². The van der Waals surface area contributed by atoms with Crippen molar-refractivity contribution in [1.29, 1.82) is 0 Å². The molecule has 0 bridgehead atoms. The fourth-order valence-corrected chi connectivity index (χ4v) is 4.80. The summed E-state index contributed by atoms with van der Waals surface area (Å²) in [7, 11) is -1.95. The molecule has 0 aromatic heterocycles. The molecule has 26 heavy (non-hydrogen) atoms. The first-order valence-corrected chi connectivity index (χ1v) is 10.6. The molecule has 2 N–H and O–H groups in total. The van der Waals surface area contributed by atoms with Gasteiger partial charge in [0.25, 0.3) is 5.91 Å². The first-order valence-electron chi connectivity index (χ1n) is 9.17. The maximum absolute atomic E-state index is 12.7. The number of sulfonamides is 1. The van der Waals surface area contributed by atoms with Crippen LogP contribution in [0.25, 0.3) is 0 Å². The highest BCUT2D eigenvalue weighted by Crippen LogP contribution is 2.32. The van der Waals surface area contributed by atoms with E-state index in [0.717, 1.165) is 4.90 Å². The minimum atomic E-state index is -3.50. The van der Waals surface area contributed by atoms with Crippen molar-refractivity contribution < 1.29 is 22.8 Å². The van der Waals surface area contributed by atoms with E-state index in [2.05, 4.69) is 12.2 Å². The summed E-state index contributed by atoms with van der Waals surface area (Å²) >= 11 is 0. The number of carbonyl (C=O) groups excluding carboxylic acids is 1. The van der Waals surface area contributed by atoms with Crippen LogP contribution >= 0.6 is 0 Å². The minimum Gasteiger partial charge on any atom is -0.497 e. The summed E-state index contributed by atoms with van der Waals surface area (Å²) in [6, 6.07) is 6.69. The molecule has 1 aliphatic heterocycles. The Morgan fingerprint density at radius 2 is 1.88 bits per heavy atom. The molecule has 2 fully saturated rings.